The van der Waals surface area contributed by atoms with Crippen molar-refractivity contribution < 1.29 is 19.4 Å². The zero-order valence-electron chi connectivity index (χ0n) is 10.4. The van der Waals surface area contributed by atoms with Gasteiger partial charge in [0.2, 0.25) is 5.91 Å². The third kappa shape index (κ3) is 4.80. The number of rotatable bonds is 7. The zero-order chi connectivity index (χ0) is 13.5. The second-order valence-corrected chi connectivity index (χ2v) is 4.87. The molecule has 0 aliphatic rings. The number of hydrogen-bond donors (Lipinski definition) is 2. The smallest absolute Gasteiger partial charge is 0.308 e. The first-order valence-corrected chi connectivity index (χ1v) is 6.27. The highest BCUT2D eigenvalue weighted by molar-refractivity contribution is 7.11. The minimum atomic E-state index is -0.891. The van der Waals surface area contributed by atoms with Crippen molar-refractivity contribution in [2.45, 2.75) is 19.8 Å². The van der Waals surface area contributed by atoms with Crippen molar-refractivity contribution in [2.24, 2.45) is 0 Å². The van der Waals surface area contributed by atoms with E-state index in [2.05, 4.69) is 10.3 Å². The first-order chi connectivity index (χ1) is 8.52. The van der Waals surface area contributed by atoms with E-state index >= 15 is 0 Å². The minimum absolute atomic E-state index is 0.0468. The predicted octanol–water partition coefficient (Wildman–Crippen LogP) is 0.384. The third-order valence-corrected chi connectivity index (χ3v) is 3.35. The van der Waals surface area contributed by atoms with Crippen molar-refractivity contribution in [2.75, 3.05) is 20.3 Å². The molecule has 18 heavy (non-hydrogen) atoms. The Balaban J connectivity index is 2.52. The average Bonchev–Trinajstić information content (AvgIpc) is 2.58. The fourth-order valence-electron chi connectivity index (χ4n) is 1.36. The SMILES string of the molecule is COCCNC(=O)Cc1nc(C)c(CC(=O)O)s1. The van der Waals surface area contributed by atoms with Crippen LogP contribution in [0.15, 0.2) is 0 Å². The van der Waals surface area contributed by atoms with E-state index in [0.717, 1.165) is 0 Å². The number of nitrogens with one attached hydrogen (secondary N) is 1. The maximum Gasteiger partial charge on any atom is 0.308 e. The zero-order valence-corrected chi connectivity index (χ0v) is 11.2. The summed E-state index contributed by atoms with van der Waals surface area (Å²) in [6.45, 7) is 2.68. The lowest BCUT2D eigenvalue weighted by Gasteiger charge is -2.01. The summed E-state index contributed by atoms with van der Waals surface area (Å²) < 4.78 is 4.82. The summed E-state index contributed by atoms with van der Waals surface area (Å²) in [4.78, 5) is 27.0. The van der Waals surface area contributed by atoms with Crippen LogP contribution >= 0.6 is 11.3 Å². The Morgan fingerprint density at radius 3 is 2.78 bits per heavy atom. The highest BCUT2D eigenvalue weighted by Crippen LogP contribution is 2.19. The van der Waals surface area contributed by atoms with E-state index in [0.29, 0.717) is 28.7 Å². The van der Waals surface area contributed by atoms with Crippen LogP contribution < -0.4 is 5.32 Å². The highest BCUT2D eigenvalue weighted by atomic mass is 32.1. The molecular weight excluding hydrogens is 256 g/mol. The van der Waals surface area contributed by atoms with E-state index in [4.69, 9.17) is 9.84 Å². The van der Waals surface area contributed by atoms with Crippen LogP contribution in [0.25, 0.3) is 0 Å². The molecule has 1 amide bonds. The van der Waals surface area contributed by atoms with Gasteiger partial charge in [-0.25, -0.2) is 4.98 Å². The van der Waals surface area contributed by atoms with Crippen LogP contribution in [-0.2, 0) is 27.2 Å². The molecule has 0 aliphatic carbocycles. The summed E-state index contributed by atoms with van der Waals surface area (Å²) in [7, 11) is 1.56. The Hall–Kier alpha value is -1.47. The Kier molecular flexibility index (Phi) is 5.73. The molecule has 1 aromatic rings. The maximum atomic E-state index is 11.5. The van der Waals surface area contributed by atoms with Crippen molar-refractivity contribution in [1.29, 1.82) is 0 Å². The first kappa shape index (κ1) is 14.6. The van der Waals surface area contributed by atoms with Gasteiger partial charge in [0.25, 0.3) is 0 Å². The summed E-state index contributed by atoms with van der Waals surface area (Å²) in [6, 6.07) is 0. The Labute approximate surface area is 109 Å². The lowest BCUT2D eigenvalue weighted by atomic mass is 10.3. The third-order valence-electron chi connectivity index (χ3n) is 2.19. The molecule has 0 atom stereocenters. The first-order valence-electron chi connectivity index (χ1n) is 5.45. The number of carbonyl (C=O) groups is 2. The van der Waals surface area contributed by atoms with Gasteiger partial charge in [0.1, 0.15) is 5.01 Å². The Morgan fingerprint density at radius 1 is 1.44 bits per heavy atom. The molecule has 0 radical (unpaired) electrons. The van der Waals surface area contributed by atoms with E-state index < -0.39 is 5.97 Å². The molecule has 0 saturated heterocycles. The quantitative estimate of drug-likeness (QED) is 0.701. The van der Waals surface area contributed by atoms with Crippen molar-refractivity contribution >= 4 is 23.2 Å². The molecule has 0 aliphatic heterocycles. The number of amides is 1. The number of ether oxygens (including phenoxy) is 1. The number of aryl methyl sites for hydroxylation is 1. The molecule has 1 aromatic heterocycles. The standard InChI is InChI=1S/C11H16N2O4S/c1-7-8(5-11(15)16)18-10(13-7)6-9(14)12-3-4-17-2/h3-6H2,1-2H3,(H,12,14)(H,15,16). The number of thiazole rings is 1. The normalized spacial score (nSPS) is 10.3. The maximum absolute atomic E-state index is 11.5. The van der Waals surface area contributed by atoms with Gasteiger partial charge in [0.15, 0.2) is 0 Å². The molecule has 100 valence electrons. The number of carboxylic acids is 1. The molecule has 1 heterocycles. The Bertz CT molecular complexity index is 431. The number of aromatic nitrogens is 1. The van der Waals surface area contributed by atoms with Crippen LogP contribution in [0, 0.1) is 6.92 Å². The molecule has 0 unspecified atom stereocenters. The van der Waals surface area contributed by atoms with Gasteiger partial charge in [-0.3, -0.25) is 9.59 Å². The number of carboxylic acid groups (broad SMARTS) is 1. The molecule has 0 fully saturated rings. The van der Waals surface area contributed by atoms with Gasteiger partial charge in [0, 0.05) is 18.5 Å². The number of nitrogens with zero attached hydrogens (tertiary/aromatic N) is 1. The molecule has 0 aromatic carbocycles. The fraction of sp³-hybridized carbons (Fsp3) is 0.545. The second-order valence-electron chi connectivity index (χ2n) is 3.71. The van der Waals surface area contributed by atoms with Crippen molar-refractivity contribution in [3.63, 3.8) is 0 Å². The largest absolute Gasteiger partial charge is 0.481 e. The van der Waals surface area contributed by atoms with Gasteiger partial charge in [-0.2, -0.15) is 0 Å². The van der Waals surface area contributed by atoms with Gasteiger partial charge >= 0.3 is 5.97 Å². The van der Waals surface area contributed by atoms with Crippen LogP contribution in [0.4, 0.5) is 0 Å². The average molecular weight is 272 g/mol. The summed E-state index contributed by atoms with van der Waals surface area (Å²) in [5.41, 5.74) is 0.682. The van der Waals surface area contributed by atoms with Crippen LogP contribution in [0.1, 0.15) is 15.6 Å². The number of hydrogen-bond acceptors (Lipinski definition) is 5. The molecule has 6 nitrogen and oxygen atoms in total. The van der Waals surface area contributed by atoms with E-state index in [1.165, 1.54) is 11.3 Å². The van der Waals surface area contributed by atoms with Crippen molar-refractivity contribution in [3.05, 3.63) is 15.6 Å². The van der Waals surface area contributed by atoms with E-state index in [1.54, 1.807) is 14.0 Å². The summed E-state index contributed by atoms with van der Waals surface area (Å²) in [6.07, 6.45) is 0.129. The van der Waals surface area contributed by atoms with Gasteiger partial charge in [-0.05, 0) is 6.92 Å². The number of aliphatic carboxylic acids is 1. The number of methoxy groups -OCH3 is 1. The van der Waals surface area contributed by atoms with Gasteiger partial charge in [-0.15, -0.1) is 11.3 Å². The molecule has 0 bridgehead atoms. The highest BCUT2D eigenvalue weighted by Gasteiger charge is 2.13. The van der Waals surface area contributed by atoms with Crippen LogP contribution in [0.3, 0.4) is 0 Å². The van der Waals surface area contributed by atoms with Crippen molar-refractivity contribution in [3.8, 4) is 0 Å². The van der Waals surface area contributed by atoms with E-state index in [-0.39, 0.29) is 18.7 Å². The van der Waals surface area contributed by atoms with E-state index in [9.17, 15) is 9.59 Å². The van der Waals surface area contributed by atoms with Crippen LogP contribution in [-0.4, -0.2) is 42.2 Å². The number of carbonyl (C=O) groups excluding carboxylic acids is 1. The lowest BCUT2D eigenvalue weighted by Crippen LogP contribution is -2.28. The molecule has 1 rings (SSSR count). The summed E-state index contributed by atoms with van der Waals surface area (Å²) >= 11 is 1.27. The summed E-state index contributed by atoms with van der Waals surface area (Å²) in [5, 5.41) is 12.0. The van der Waals surface area contributed by atoms with E-state index in [1.807, 2.05) is 0 Å². The predicted molar refractivity (Wildman–Crippen MR) is 66.8 cm³/mol. The molecule has 2 N–H and O–H groups in total. The lowest BCUT2D eigenvalue weighted by molar-refractivity contribution is -0.136. The molecule has 0 saturated carbocycles. The summed E-state index contributed by atoms with van der Waals surface area (Å²) in [5.74, 6) is -1.03. The van der Waals surface area contributed by atoms with Crippen LogP contribution in [0.2, 0.25) is 0 Å². The van der Waals surface area contributed by atoms with Gasteiger partial charge in [-0.1, -0.05) is 0 Å². The van der Waals surface area contributed by atoms with Gasteiger partial charge < -0.3 is 15.2 Å². The topological polar surface area (TPSA) is 88.5 Å². The Morgan fingerprint density at radius 2 is 2.17 bits per heavy atom. The second kappa shape index (κ2) is 7.07. The molecule has 0 spiro atoms. The minimum Gasteiger partial charge on any atom is -0.481 e. The van der Waals surface area contributed by atoms with Crippen molar-refractivity contribution in [1.82, 2.24) is 10.3 Å². The van der Waals surface area contributed by atoms with Gasteiger partial charge in [0.05, 0.1) is 25.1 Å². The fourth-order valence-corrected chi connectivity index (χ4v) is 2.42. The molecule has 7 heteroatoms. The van der Waals surface area contributed by atoms with Crippen LogP contribution in [0.5, 0.6) is 0 Å². The molecular formula is C11H16N2O4S. The monoisotopic (exact) mass is 272 g/mol.